The molecule has 1 amide bonds. The number of anilines is 2. The molecular weight excluding hydrogens is 449 g/mol. The number of aromatic nitrogens is 1. The minimum atomic E-state index is -4.37. The second-order valence-electron chi connectivity index (χ2n) is 7.84. The number of halogens is 3. The van der Waals surface area contributed by atoms with Crippen molar-refractivity contribution in [2.75, 3.05) is 17.2 Å². The van der Waals surface area contributed by atoms with Gasteiger partial charge in [0.05, 0.1) is 16.9 Å². The highest BCUT2D eigenvalue weighted by Crippen LogP contribution is 2.34. The lowest BCUT2D eigenvalue weighted by atomic mass is 9.90. The summed E-state index contributed by atoms with van der Waals surface area (Å²) in [7, 11) is 0. The topological polar surface area (TPSA) is 80.0 Å². The Kier molecular flexibility index (Phi) is 6.53. The first-order valence-corrected chi connectivity index (χ1v) is 11.2. The first-order valence-electron chi connectivity index (χ1n) is 10.4. The minimum Gasteiger partial charge on any atom is -0.360 e. The van der Waals surface area contributed by atoms with Gasteiger partial charge in [0.1, 0.15) is 0 Å². The van der Waals surface area contributed by atoms with Crippen molar-refractivity contribution in [1.82, 2.24) is 4.98 Å². The molecular formula is C24H23F3N4OS. The lowest BCUT2D eigenvalue weighted by molar-refractivity contribution is -0.137. The van der Waals surface area contributed by atoms with Crippen molar-refractivity contribution < 1.29 is 18.0 Å². The number of carbonyl (C=O) groups is 1. The monoisotopic (exact) mass is 472 g/mol. The number of thiazole rings is 1. The molecule has 4 N–H and O–H groups in total. The molecule has 0 radical (unpaired) electrons. The first kappa shape index (κ1) is 23.0. The average molecular weight is 473 g/mol. The molecule has 4 rings (SSSR count). The van der Waals surface area contributed by atoms with Gasteiger partial charge in [-0.05, 0) is 47.9 Å². The molecule has 5 nitrogen and oxygen atoms in total. The van der Waals surface area contributed by atoms with E-state index in [9.17, 15) is 18.0 Å². The van der Waals surface area contributed by atoms with Gasteiger partial charge >= 0.3 is 6.18 Å². The number of nitrogens with one attached hydrogen (secondary N) is 2. The zero-order valence-corrected chi connectivity index (χ0v) is 18.6. The van der Waals surface area contributed by atoms with Crippen molar-refractivity contribution >= 4 is 28.1 Å². The lowest BCUT2D eigenvalue weighted by Gasteiger charge is -2.22. The quantitative estimate of drug-likeness (QED) is 0.401. The Hall–Kier alpha value is -3.17. The minimum absolute atomic E-state index is 0.00785. The van der Waals surface area contributed by atoms with Crippen LogP contribution in [0.1, 0.15) is 29.5 Å². The van der Waals surface area contributed by atoms with Gasteiger partial charge in [-0.3, -0.25) is 4.79 Å². The summed E-state index contributed by atoms with van der Waals surface area (Å²) in [6.07, 6.45) is 1.51. The van der Waals surface area contributed by atoms with Crippen LogP contribution < -0.4 is 16.4 Å². The third-order valence-corrected chi connectivity index (χ3v) is 6.50. The highest BCUT2D eigenvalue weighted by Gasteiger charge is 2.30. The van der Waals surface area contributed by atoms with Gasteiger partial charge < -0.3 is 16.4 Å². The number of alkyl halides is 3. The van der Waals surface area contributed by atoms with Gasteiger partial charge in [0.15, 0.2) is 5.13 Å². The number of fused-ring (bicyclic) bond motifs is 1. The van der Waals surface area contributed by atoms with E-state index in [0.29, 0.717) is 18.1 Å². The molecule has 1 aliphatic heterocycles. The molecule has 0 fully saturated rings. The summed E-state index contributed by atoms with van der Waals surface area (Å²) in [5, 5.41) is 6.76. The summed E-state index contributed by atoms with van der Waals surface area (Å²) in [5.41, 5.74) is 9.23. The fraction of sp³-hybridized carbons (Fsp3) is 0.250. The molecule has 0 unspecified atom stereocenters. The SMILES string of the molecule is C/C=C/[C@@H](c1ccc(C(F)(F)F)cc1)[C@H](N)CNc1ncc(-c2ccc3c(c2)CC(=O)N3)s1. The number of rotatable bonds is 7. The third kappa shape index (κ3) is 5.26. The van der Waals surface area contributed by atoms with Crippen molar-refractivity contribution in [2.24, 2.45) is 5.73 Å². The maximum absolute atomic E-state index is 12.9. The molecule has 0 spiro atoms. The fourth-order valence-corrected chi connectivity index (χ4v) is 4.63. The van der Waals surface area contributed by atoms with E-state index in [1.165, 1.54) is 23.5 Å². The van der Waals surface area contributed by atoms with Crippen LogP contribution in [0.3, 0.4) is 0 Å². The Morgan fingerprint density at radius 3 is 2.70 bits per heavy atom. The summed E-state index contributed by atoms with van der Waals surface area (Å²) in [6, 6.07) is 10.6. The van der Waals surface area contributed by atoms with Crippen molar-refractivity contribution in [3.63, 3.8) is 0 Å². The van der Waals surface area contributed by atoms with Crippen molar-refractivity contribution in [3.05, 3.63) is 77.5 Å². The van der Waals surface area contributed by atoms with Gasteiger partial charge in [0.2, 0.25) is 5.91 Å². The molecule has 172 valence electrons. The first-order chi connectivity index (χ1) is 15.7. The standard InChI is InChI=1S/C24H23F3N4OS/c1-2-3-18(14-4-7-17(8-5-14)24(25,26)27)19(28)12-29-23-30-13-21(33-23)15-6-9-20-16(10-15)11-22(32)31-20/h2-10,13,18-19H,11-12,28H2,1H3,(H,29,30)(H,31,32)/b3-2+/t18-,19+/m0/s1. The van der Waals surface area contributed by atoms with E-state index in [4.69, 9.17) is 5.73 Å². The number of benzene rings is 2. The van der Waals surface area contributed by atoms with Crippen LogP contribution in [0, 0.1) is 0 Å². The van der Waals surface area contributed by atoms with E-state index in [1.807, 2.05) is 37.3 Å². The van der Waals surface area contributed by atoms with Gasteiger partial charge in [-0.1, -0.05) is 41.7 Å². The Labute approximate surface area is 193 Å². The molecule has 2 heterocycles. The van der Waals surface area contributed by atoms with Crippen LogP contribution in [0.15, 0.2) is 60.8 Å². The van der Waals surface area contributed by atoms with Gasteiger partial charge in [-0.15, -0.1) is 0 Å². The number of nitrogens with zero attached hydrogens (tertiary/aromatic N) is 1. The van der Waals surface area contributed by atoms with E-state index in [0.717, 1.165) is 39.4 Å². The largest absolute Gasteiger partial charge is 0.416 e. The van der Waals surface area contributed by atoms with Crippen LogP contribution in [-0.4, -0.2) is 23.5 Å². The molecule has 33 heavy (non-hydrogen) atoms. The van der Waals surface area contributed by atoms with Crippen molar-refractivity contribution in [3.8, 4) is 10.4 Å². The Balaban J connectivity index is 1.42. The van der Waals surface area contributed by atoms with Gasteiger partial charge in [-0.2, -0.15) is 13.2 Å². The Morgan fingerprint density at radius 2 is 2.00 bits per heavy atom. The number of amides is 1. The van der Waals surface area contributed by atoms with E-state index in [1.54, 1.807) is 6.20 Å². The zero-order valence-electron chi connectivity index (χ0n) is 17.8. The van der Waals surface area contributed by atoms with Crippen LogP contribution in [-0.2, 0) is 17.4 Å². The summed E-state index contributed by atoms with van der Waals surface area (Å²) in [5.74, 6) is -0.252. The smallest absolute Gasteiger partial charge is 0.360 e. The summed E-state index contributed by atoms with van der Waals surface area (Å²) >= 11 is 1.47. The highest BCUT2D eigenvalue weighted by atomic mass is 32.1. The van der Waals surface area contributed by atoms with Crippen LogP contribution in [0.25, 0.3) is 10.4 Å². The Morgan fingerprint density at radius 1 is 1.24 bits per heavy atom. The number of hydrogen-bond acceptors (Lipinski definition) is 5. The third-order valence-electron chi connectivity index (χ3n) is 5.49. The zero-order chi connectivity index (χ0) is 23.6. The highest BCUT2D eigenvalue weighted by molar-refractivity contribution is 7.18. The van der Waals surface area contributed by atoms with E-state index >= 15 is 0 Å². The summed E-state index contributed by atoms with van der Waals surface area (Å²) in [4.78, 5) is 16.9. The summed E-state index contributed by atoms with van der Waals surface area (Å²) in [6.45, 7) is 2.25. The van der Waals surface area contributed by atoms with Gasteiger partial charge in [0.25, 0.3) is 0 Å². The molecule has 1 aliphatic rings. The molecule has 0 saturated heterocycles. The van der Waals surface area contributed by atoms with Crippen LogP contribution >= 0.6 is 11.3 Å². The van der Waals surface area contributed by atoms with Crippen LogP contribution in [0.5, 0.6) is 0 Å². The number of allylic oxidation sites excluding steroid dienone is 1. The molecule has 0 bridgehead atoms. The van der Waals surface area contributed by atoms with Crippen LogP contribution in [0.2, 0.25) is 0 Å². The molecule has 3 aromatic rings. The van der Waals surface area contributed by atoms with Crippen molar-refractivity contribution in [1.29, 1.82) is 0 Å². The van der Waals surface area contributed by atoms with E-state index in [-0.39, 0.29) is 17.9 Å². The normalized spacial score (nSPS) is 15.4. The lowest BCUT2D eigenvalue weighted by Crippen LogP contribution is -2.34. The number of hydrogen-bond donors (Lipinski definition) is 3. The van der Waals surface area contributed by atoms with E-state index < -0.39 is 11.7 Å². The Bertz CT molecular complexity index is 1170. The predicted molar refractivity (Wildman–Crippen MR) is 125 cm³/mol. The molecule has 1 aromatic heterocycles. The van der Waals surface area contributed by atoms with Gasteiger partial charge in [-0.25, -0.2) is 4.98 Å². The second kappa shape index (κ2) is 9.36. The average Bonchev–Trinajstić information content (AvgIpc) is 3.40. The van der Waals surface area contributed by atoms with Gasteiger partial charge in [0, 0.05) is 30.4 Å². The maximum Gasteiger partial charge on any atom is 0.416 e. The number of carbonyl (C=O) groups excluding carboxylic acids is 1. The van der Waals surface area contributed by atoms with Crippen molar-refractivity contribution in [2.45, 2.75) is 31.5 Å². The molecule has 2 aromatic carbocycles. The predicted octanol–water partition coefficient (Wildman–Crippen LogP) is 5.42. The molecule has 0 saturated carbocycles. The molecule has 9 heteroatoms. The molecule has 0 aliphatic carbocycles. The van der Waals surface area contributed by atoms with E-state index in [2.05, 4.69) is 15.6 Å². The summed E-state index contributed by atoms with van der Waals surface area (Å²) < 4.78 is 38.6. The van der Waals surface area contributed by atoms with Crippen LogP contribution in [0.4, 0.5) is 24.0 Å². The second-order valence-corrected chi connectivity index (χ2v) is 8.87. The maximum atomic E-state index is 12.9. The molecule has 2 atom stereocenters. The number of nitrogens with two attached hydrogens (primary N) is 1. The fourth-order valence-electron chi connectivity index (χ4n) is 3.81.